The number of aromatic carboxylic acids is 1. The number of benzene rings is 2. The number of rotatable bonds is 3. The molecule has 0 radical (unpaired) electrons. The fourth-order valence-corrected chi connectivity index (χ4v) is 2.13. The fourth-order valence-electron chi connectivity index (χ4n) is 2.13. The molecule has 3 rings (SSSR count). The van der Waals surface area contributed by atoms with E-state index in [0.29, 0.717) is 11.1 Å². The summed E-state index contributed by atoms with van der Waals surface area (Å²) in [5, 5.41) is 12.1. The second-order valence-electron chi connectivity index (χ2n) is 4.92. The van der Waals surface area contributed by atoms with Gasteiger partial charge < -0.3 is 10.4 Å². The number of nitrogens with one attached hydrogen (secondary N) is 1. The van der Waals surface area contributed by atoms with Crippen molar-refractivity contribution in [2.75, 3.05) is 5.32 Å². The first kappa shape index (κ1) is 15.7. The smallest absolute Gasteiger partial charge is 0.451 e. The Morgan fingerprint density at radius 2 is 1.67 bits per heavy atom. The lowest BCUT2D eigenvalue weighted by molar-refractivity contribution is -0.144. The third kappa shape index (κ3) is 3.12. The van der Waals surface area contributed by atoms with Gasteiger partial charge in [-0.3, -0.25) is 0 Å². The van der Waals surface area contributed by atoms with Crippen molar-refractivity contribution in [3.05, 3.63) is 59.9 Å². The number of fused-ring (bicyclic) bond motifs is 1. The number of hydrogen-bond donors (Lipinski definition) is 2. The van der Waals surface area contributed by atoms with Crippen molar-refractivity contribution in [1.29, 1.82) is 0 Å². The molecular formula is C16H10F3N3O2. The predicted molar refractivity (Wildman–Crippen MR) is 81.2 cm³/mol. The lowest BCUT2D eigenvalue weighted by Crippen LogP contribution is -2.12. The molecule has 0 saturated carbocycles. The number of aromatic nitrogens is 2. The second-order valence-corrected chi connectivity index (χ2v) is 4.92. The van der Waals surface area contributed by atoms with Crippen LogP contribution < -0.4 is 5.32 Å². The van der Waals surface area contributed by atoms with E-state index >= 15 is 0 Å². The first-order chi connectivity index (χ1) is 11.3. The Bertz CT molecular complexity index is 909. The summed E-state index contributed by atoms with van der Waals surface area (Å²) in [4.78, 5) is 17.9. The first-order valence-corrected chi connectivity index (χ1v) is 6.79. The molecule has 24 heavy (non-hydrogen) atoms. The van der Waals surface area contributed by atoms with Gasteiger partial charge in [0.05, 0.1) is 11.1 Å². The summed E-state index contributed by atoms with van der Waals surface area (Å²) in [5.41, 5.74) is 0.644. The van der Waals surface area contributed by atoms with Crippen LogP contribution in [0, 0.1) is 0 Å². The zero-order chi connectivity index (χ0) is 17.3. The molecule has 0 unspecified atom stereocenters. The molecule has 0 aliphatic carbocycles. The normalized spacial score (nSPS) is 11.5. The molecule has 0 aliphatic rings. The van der Waals surface area contributed by atoms with E-state index in [1.807, 2.05) is 0 Å². The van der Waals surface area contributed by atoms with Crippen LogP contribution in [0.3, 0.4) is 0 Å². The Hall–Kier alpha value is -3.16. The summed E-state index contributed by atoms with van der Waals surface area (Å²) in [5.74, 6) is -2.34. The third-order valence-corrected chi connectivity index (χ3v) is 3.25. The maximum Gasteiger partial charge on any atom is 0.451 e. The van der Waals surface area contributed by atoms with Gasteiger partial charge in [-0.25, -0.2) is 14.8 Å². The molecule has 122 valence electrons. The van der Waals surface area contributed by atoms with Crippen molar-refractivity contribution >= 4 is 28.4 Å². The fraction of sp³-hybridized carbons (Fsp3) is 0.0625. The summed E-state index contributed by atoms with van der Waals surface area (Å²) in [6.45, 7) is 0. The lowest BCUT2D eigenvalue weighted by atomic mass is 10.2. The summed E-state index contributed by atoms with van der Waals surface area (Å²) < 4.78 is 38.9. The Kier molecular flexibility index (Phi) is 3.80. The van der Waals surface area contributed by atoms with Gasteiger partial charge in [-0.2, -0.15) is 13.2 Å². The van der Waals surface area contributed by atoms with Crippen LogP contribution in [0.5, 0.6) is 0 Å². The molecule has 0 atom stereocenters. The van der Waals surface area contributed by atoms with Gasteiger partial charge >= 0.3 is 12.1 Å². The number of carboxylic acids is 1. The topological polar surface area (TPSA) is 75.1 Å². The summed E-state index contributed by atoms with van der Waals surface area (Å²) in [6, 6.07) is 11.9. The van der Waals surface area contributed by atoms with E-state index in [4.69, 9.17) is 5.11 Å². The quantitative estimate of drug-likeness (QED) is 0.755. The molecule has 2 N–H and O–H groups in total. The second kappa shape index (κ2) is 5.80. The molecule has 0 bridgehead atoms. The van der Waals surface area contributed by atoms with E-state index in [0.717, 1.165) is 0 Å². The lowest BCUT2D eigenvalue weighted by Gasteiger charge is -2.12. The highest BCUT2D eigenvalue weighted by atomic mass is 19.4. The maximum absolute atomic E-state index is 13.0. The Morgan fingerprint density at radius 1 is 1.00 bits per heavy atom. The molecule has 8 heteroatoms. The van der Waals surface area contributed by atoms with Crippen molar-refractivity contribution < 1.29 is 23.1 Å². The highest BCUT2D eigenvalue weighted by molar-refractivity contribution is 5.91. The zero-order valence-electron chi connectivity index (χ0n) is 12.0. The molecule has 5 nitrogen and oxygen atoms in total. The molecule has 0 spiro atoms. The summed E-state index contributed by atoms with van der Waals surface area (Å²) >= 11 is 0. The number of alkyl halides is 3. The van der Waals surface area contributed by atoms with Crippen LogP contribution in [0.1, 0.15) is 16.2 Å². The summed E-state index contributed by atoms with van der Waals surface area (Å²) in [6.07, 6.45) is -4.67. The van der Waals surface area contributed by atoms with E-state index in [1.165, 1.54) is 30.3 Å². The molecule has 1 aromatic heterocycles. The van der Waals surface area contributed by atoms with Crippen LogP contribution in [0.15, 0.2) is 48.5 Å². The number of hydrogen-bond acceptors (Lipinski definition) is 4. The molecule has 0 aliphatic heterocycles. The number of halogens is 3. The zero-order valence-corrected chi connectivity index (χ0v) is 12.0. The molecule has 2 aromatic carbocycles. The number of carbonyl (C=O) groups is 1. The largest absolute Gasteiger partial charge is 0.478 e. The molecule has 3 aromatic rings. The third-order valence-electron chi connectivity index (χ3n) is 3.25. The first-order valence-electron chi connectivity index (χ1n) is 6.79. The minimum atomic E-state index is -4.67. The van der Waals surface area contributed by atoms with E-state index in [2.05, 4.69) is 15.3 Å². The standard InChI is InChI=1S/C16H10F3N3O2/c17-16(18,19)15-21-12-4-2-1-3-11(12)13(22-15)20-10-7-5-9(6-8-10)14(23)24/h1-8H,(H,23,24)(H,20,21,22). The number of carboxylic acid groups (broad SMARTS) is 1. The number of anilines is 2. The number of nitrogens with zero attached hydrogens (tertiary/aromatic N) is 2. The van der Waals surface area contributed by atoms with E-state index < -0.39 is 18.0 Å². The average Bonchev–Trinajstić information content (AvgIpc) is 2.54. The molecule has 0 fully saturated rings. The van der Waals surface area contributed by atoms with Crippen LogP contribution >= 0.6 is 0 Å². The predicted octanol–water partition coefficient (Wildman–Crippen LogP) is 4.09. The van der Waals surface area contributed by atoms with Gasteiger partial charge in [0, 0.05) is 11.1 Å². The Labute approximate surface area is 133 Å². The van der Waals surface area contributed by atoms with Crippen molar-refractivity contribution in [2.45, 2.75) is 6.18 Å². The average molecular weight is 333 g/mol. The van der Waals surface area contributed by atoms with E-state index in [1.54, 1.807) is 18.2 Å². The number of para-hydroxylation sites is 1. The highest BCUT2D eigenvalue weighted by Gasteiger charge is 2.35. The Morgan fingerprint density at radius 3 is 2.29 bits per heavy atom. The van der Waals surface area contributed by atoms with Gasteiger partial charge in [0.15, 0.2) is 0 Å². The van der Waals surface area contributed by atoms with Gasteiger partial charge in [0.1, 0.15) is 5.82 Å². The minimum Gasteiger partial charge on any atom is -0.478 e. The summed E-state index contributed by atoms with van der Waals surface area (Å²) in [7, 11) is 0. The van der Waals surface area contributed by atoms with Crippen molar-refractivity contribution in [2.24, 2.45) is 0 Å². The van der Waals surface area contributed by atoms with Crippen LogP contribution in [0.4, 0.5) is 24.7 Å². The van der Waals surface area contributed by atoms with Crippen LogP contribution in [0.25, 0.3) is 10.9 Å². The minimum absolute atomic E-state index is 0.00370. The molecule has 1 heterocycles. The molecule has 0 saturated heterocycles. The van der Waals surface area contributed by atoms with Gasteiger partial charge in [-0.15, -0.1) is 0 Å². The van der Waals surface area contributed by atoms with Crippen LogP contribution in [-0.4, -0.2) is 21.0 Å². The van der Waals surface area contributed by atoms with Gasteiger partial charge in [0.2, 0.25) is 5.82 Å². The van der Waals surface area contributed by atoms with E-state index in [-0.39, 0.29) is 16.9 Å². The van der Waals surface area contributed by atoms with E-state index in [9.17, 15) is 18.0 Å². The molecule has 0 amide bonds. The van der Waals surface area contributed by atoms with Crippen molar-refractivity contribution in [1.82, 2.24) is 9.97 Å². The van der Waals surface area contributed by atoms with Gasteiger partial charge in [-0.1, -0.05) is 12.1 Å². The van der Waals surface area contributed by atoms with Crippen molar-refractivity contribution in [3.63, 3.8) is 0 Å². The van der Waals surface area contributed by atoms with Crippen molar-refractivity contribution in [3.8, 4) is 0 Å². The van der Waals surface area contributed by atoms with Crippen LogP contribution in [0.2, 0.25) is 0 Å². The van der Waals surface area contributed by atoms with Crippen LogP contribution in [-0.2, 0) is 6.18 Å². The maximum atomic E-state index is 13.0. The van der Waals surface area contributed by atoms with Gasteiger partial charge in [0.25, 0.3) is 0 Å². The molecular weight excluding hydrogens is 323 g/mol. The van der Waals surface area contributed by atoms with Gasteiger partial charge in [-0.05, 0) is 36.4 Å². The Balaban J connectivity index is 2.05. The SMILES string of the molecule is O=C(O)c1ccc(Nc2nc(C(F)(F)F)nc3ccccc23)cc1. The highest BCUT2D eigenvalue weighted by Crippen LogP contribution is 2.31. The monoisotopic (exact) mass is 333 g/mol.